The van der Waals surface area contributed by atoms with Crippen LogP contribution in [-0.2, 0) is 9.53 Å². The minimum Gasteiger partial charge on any atom is -0.484 e. The van der Waals surface area contributed by atoms with E-state index in [9.17, 15) is 13.6 Å². The Balaban J connectivity index is 1.74. The predicted molar refractivity (Wildman–Crippen MR) is 89.7 cm³/mol. The maximum atomic E-state index is 14.0. The van der Waals surface area contributed by atoms with Gasteiger partial charge in [0, 0.05) is 29.7 Å². The fraction of sp³-hybridized carbons (Fsp3) is 0.278. The lowest BCUT2D eigenvalue weighted by Gasteiger charge is -2.26. The highest BCUT2D eigenvalue weighted by atomic mass is 35.5. The van der Waals surface area contributed by atoms with Crippen molar-refractivity contribution in [2.24, 2.45) is 0 Å². The van der Waals surface area contributed by atoms with E-state index in [1.807, 2.05) is 0 Å². The molecule has 0 atom stereocenters. The van der Waals surface area contributed by atoms with Gasteiger partial charge in [0.15, 0.2) is 6.61 Å². The number of hydrogen-bond donors (Lipinski definition) is 0. The molecule has 0 aliphatic carbocycles. The molecule has 4 nitrogen and oxygen atoms in total. The first kappa shape index (κ1) is 17.6. The van der Waals surface area contributed by atoms with Gasteiger partial charge in [0.2, 0.25) is 0 Å². The minimum atomic E-state index is -0.697. The van der Waals surface area contributed by atoms with Gasteiger partial charge in [-0.3, -0.25) is 4.79 Å². The Kier molecular flexibility index (Phi) is 5.50. The molecule has 3 rings (SSSR count). The molecule has 132 valence electrons. The van der Waals surface area contributed by atoms with Crippen molar-refractivity contribution in [2.45, 2.75) is 0 Å². The van der Waals surface area contributed by atoms with Crippen LogP contribution in [0.1, 0.15) is 0 Å². The molecule has 25 heavy (non-hydrogen) atoms. The number of hydrogen-bond acceptors (Lipinski definition) is 3. The molecule has 0 spiro atoms. The van der Waals surface area contributed by atoms with Crippen LogP contribution in [0.4, 0.5) is 8.78 Å². The fourth-order valence-corrected chi connectivity index (χ4v) is 2.80. The van der Waals surface area contributed by atoms with Crippen molar-refractivity contribution in [3.8, 4) is 16.9 Å². The summed E-state index contributed by atoms with van der Waals surface area (Å²) in [5.41, 5.74) is 0.645. The average molecular weight is 368 g/mol. The fourth-order valence-electron chi connectivity index (χ4n) is 2.57. The first-order valence-corrected chi connectivity index (χ1v) is 8.15. The van der Waals surface area contributed by atoms with Crippen molar-refractivity contribution in [3.63, 3.8) is 0 Å². The van der Waals surface area contributed by atoms with Gasteiger partial charge in [-0.2, -0.15) is 0 Å². The third-order valence-electron chi connectivity index (χ3n) is 3.84. The molecule has 0 bridgehead atoms. The summed E-state index contributed by atoms with van der Waals surface area (Å²) in [6.45, 7) is 1.94. The lowest BCUT2D eigenvalue weighted by atomic mass is 10.0. The highest BCUT2D eigenvalue weighted by molar-refractivity contribution is 6.31. The second-order valence-corrected chi connectivity index (χ2v) is 6.02. The highest BCUT2D eigenvalue weighted by Crippen LogP contribution is 2.30. The van der Waals surface area contributed by atoms with Crippen molar-refractivity contribution >= 4 is 17.5 Å². The van der Waals surface area contributed by atoms with Crippen LogP contribution in [0, 0.1) is 11.6 Å². The summed E-state index contributed by atoms with van der Waals surface area (Å²) >= 11 is 6.06. The Labute approximate surface area is 148 Å². The molecule has 7 heteroatoms. The molecule has 1 amide bonds. The molecule has 0 saturated carbocycles. The summed E-state index contributed by atoms with van der Waals surface area (Å²) in [5, 5.41) is 0.329. The van der Waals surface area contributed by atoms with Gasteiger partial charge in [-0.05, 0) is 35.9 Å². The number of amides is 1. The van der Waals surface area contributed by atoms with Crippen LogP contribution in [-0.4, -0.2) is 43.7 Å². The maximum Gasteiger partial charge on any atom is 0.260 e. The Bertz CT molecular complexity index is 779. The molecule has 1 aliphatic rings. The molecule has 1 saturated heterocycles. The number of carbonyl (C=O) groups excluding carboxylic acids is 1. The van der Waals surface area contributed by atoms with E-state index in [0.717, 1.165) is 6.07 Å². The zero-order valence-corrected chi connectivity index (χ0v) is 14.1. The molecule has 0 radical (unpaired) electrons. The number of benzene rings is 2. The third-order valence-corrected chi connectivity index (χ3v) is 4.06. The summed E-state index contributed by atoms with van der Waals surface area (Å²) in [5.74, 6) is -1.17. The van der Waals surface area contributed by atoms with Crippen LogP contribution in [0.3, 0.4) is 0 Å². The Morgan fingerprint density at radius 3 is 2.64 bits per heavy atom. The maximum absolute atomic E-state index is 14.0. The third kappa shape index (κ3) is 4.46. The predicted octanol–water partition coefficient (Wildman–Crippen LogP) is 3.52. The molecular formula is C18H16ClF2NO3. The van der Waals surface area contributed by atoms with Gasteiger partial charge in [0.05, 0.1) is 13.2 Å². The van der Waals surface area contributed by atoms with Gasteiger partial charge in [-0.25, -0.2) is 8.78 Å². The van der Waals surface area contributed by atoms with Crippen LogP contribution < -0.4 is 4.74 Å². The number of carbonyl (C=O) groups is 1. The molecule has 2 aromatic rings. The van der Waals surface area contributed by atoms with Gasteiger partial charge in [0.1, 0.15) is 17.4 Å². The van der Waals surface area contributed by atoms with Crippen molar-refractivity contribution in [2.75, 3.05) is 32.9 Å². The molecule has 1 aliphatic heterocycles. The molecule has 2 aromatic carbocycles. The van der Waals surface area contributed by atoms with Gasteiger partial charge < -0.3 is 14.4 Å². The van der Waals surface area contributed by atoms with E-state index < -0.39 is 11.6 Å². The standard InChI is InChI=1S/C18H16ClF2NO3/c19-13-7-12(16-2-1-14(20)10-17(16)21)8-15(9-13)25-11-18(23)22-3-5-24-6-4-22/h1-2,7-10H,3-6,11H2. The summed E-state index contributed by atoms with van der Waals surface area (Å²) < 4.78 is 37.7. The van der Waals surface area contributed by atoms with E-state index in [1.54, 1.807) is 23.1 Å². The quantitative estimate of drug-likeness (QED) is 0.830. The number of morpholine rings is 1. The van der Waals surface area contributed by atoms with Crippen LogP contribution in [0.5, 0.6) is 5.75 Å². The Hall–Kier alpha value is -2.18. The van der Waals surface area contributed by atoms with E-state index in [2.05, 4.69) is 0 Å². The highest BCUT2D eigenvalue weighted by Gasteiger charge is 2.17. The average Bonchev–Trinajstić information content (AvgIpc) is 2.60. The zero-order chi connectivity index (χ0) is 17.8. The van der Waals surface area contributed by atoms with E-state index in [0.29, 0.717) is 42.6 Å². The summed E-state index contributed by atoms with van der Waals surface area (Å²) in [6, 6.07) is 7.96. The van der Waals surface area contributed by atoms with Gasteiger partial charge >= 0.3 is 0 Å². The van der Waals surface area contributed by atoms with Crippen LogP contribution in [0.15, 0.2) is 36.4 Å². The number of nitrogens with zero attached hydrogens (tertiary/aromatic N) is 1. The van der Waals surface area contributed by atoms with Crippen molar-refractivity contribution < 1.29 is 23.0 Å². The second-order valence-electron chi connectivity index (χ2n) is 5.58. The van der Waals surface area contributed by atoms with Crippen LogP contribution in [0.2, 0.25) is 5.02 Å². The molecule has 1 heterocycles. The SMILES string of the molecule is O=C(COc1cc(Cl)cc(-c2ccc(F)cc2F)c1)N1CCOCC1. The number of halogens is 3. The zero-order valence-electron chi connectivity index (χ0n) is 13.3. The van der Waals surface area contributed by atoms with E-state index in [4.69, 9.17) is 21.1 Å². The molecule has 0 aromatic heterocycles. The second kappa shape index (κ2) is 7.80. The van der Waals surface area contributed by atoms with Gasteiger partial charge in [-0.1, -0.05) is 11.6 Å². The smallest absolute Gasteiger partial charge is 0.260 e. The Morgan fingerprint density at radius 1 is 1.16 bits per heavy atom. The minimum absolute atomic E-state index is 0.147. The van der Waals surface area contributed by atoms with Crippen LogP contribution >= 0.6 is 11.6 Å². The number of rotatable bonds is 4. The summed E-state index contributed by atoms with van der Waals surface area (Å²) in [7, 11) is 0. The van der Waals surface area contributed by atoms with Crippen molar-refractivity contribution in [1.82, 2.24) is 4.90 Å². The van der Waals surface area contributed by atoms with E-state index in [1.165, 1.54) is 12.1 Å². The number of ether oxygens (including phenoxy) is 2. The molecule has 0 unspecified atom stereocenters. The molecule has 0 N–H and O–H groups in total. The van der Waals surface area contributed by atoms with E-state index in [-0.39, 0.29) is 18.1 Å². The summed E-state index contributed by atoms with van der Waals surface area (Å²) in [6.07, 6.45) is 0. The monoisotopic (exact) mass is 367 g/mol. The van der Waals surface area contributed by atoms with Gasteiger partial charge in [0.25, 0.3) is 5.91 Å². The van der Waals surface area contributed by atoms with Gasteiger partial charge in [-0.15, -0.1) is 0 Å². The van der Waals surface area contributed by atoms with E-state index >= 15 is 0 Å². The first-order valence-electron chi connectivity index (χ1n) is 7.77. The lowest BCUT2D eigenvalue weighted by Crippen LogP contribution is -2.42. The van der Waals surface area contributed by atoms with Crippen molar-refractivity contribution in [3.05, 3.63) is 53.1 Å². The largest absolute Gasteiger partial charge is 0.484 e. The van der Waals surface area contributed by atoms with Crippen LogP contribution in [0.25, 0.3) is 11.1 Å². The lowest BCUT2D eigenvalue weighted by molar-refractivity contribution is -0.137. The molecular weight excluding hydrogens is 352 g/mol. The Morgan fingerprint density at radius 2 is 1.92 bits per heavy atom. The van der Waals surface area contributed by atoms with Crippen molar-refractivity contribution in [1.29, 1.82) is 0 Å². The normalized spacial score (nSPS) is 14.4. The summed E-state index contributed by atoms with van der Waals surface area (Å²) in [4.78, 5) is 13.8. The first-order chi connectivity index (χ1) is 12.0. The topological polar surface area (TPSA) is 38.8 Å². The molecule has 1 fully saturated rings.